The summed E-state index contributed by atoms with van der Waals surface area (Å²) in [6.07, 6.45) is 4.13. The van der Waals surface area contributed by atoms with Crippen molar-refractivity contribution in [1.82, 2.24) is 20.4 Å². The van der Waals surface area contributed by atoms with E-state index in [0.717, 1.165) is 23.4 Å². The number of aromatic nitrogens is 2. The number of anilines is 1. The van der Waals surface area contributed by atoms with Crippen LogP contribution < -0.4 is 16.0 Å². The quantitative estimate of drug-likeness (QED) is 0.719. The van der Waals surface area contributed by atoms with Gasteiger partial charge in [-0.15, -0.1) is 0 Å². The summed E-state index contributed by atoms with van der Waals surface area (Å²) >= 11 is 0. The molecule has 27 heavy (non-hydrogen) atoms. The Morgan fingerprint density at radius 1 is 1.26 bits per heavy atom. The number of hydrogen-bond donors (Lipinski definition) is 3. The molecule has 2 aromatic rings. The molecule has 7 heteroatoms. The normalized spacial score (nSPS) is 19.3. The smallest absolute Gasteiger partial charge is 0.229 e. The Bertz CT molecular complexity index is 797. The molecule has 0 bridgehead atoms. The lowest BCUT2D eigenvalue weighted by Gasteiger charge is -2.17. The Morgan fingerprint density at radius 2 is 2.00 bits per heavy atom. The van der Waals surface area contributed by atoms with E-state index in [1.807, 2.05) is 57.6 Å². The van der Waals surface area contributed by atoms with Crippen LogP contribution in [0.3, 0.4) is 0 Å². The van der Waals surface area contributed by atoms with Crippen molar-refractivity contribution >= 4 is 17.5 Å². The molecule has 0 aliphatic carbocycles. The molecule has 3 rings (SSSR count). The van der Waals surface area contributed by atoms with Gasteiger partial charge in [0, 0.05) is 44.0 Å². The van der Waals surface area contributed by atoms with Gasteiger partial charge in [0.2, 0.25) is 11.8 Å². The summed E-state index contributed by atoms with van der Waals surface area (Å²) in [4.78, 5) is 24.6. The molecular weight excluding hydrogens is 342 g/mol. The largest absolute Gasteiger partial charge is 0.354 e. The van der Waals surface area contributed by atoms with Crippen molar-refractivity contribution in [3.63, 3.8) is 0 Å². The SMILES string of the molecule is CC(C)NC(=O)Cc1ccc(NC(=O)[C@H]2CNC[C@@H]2c2cnn(C)c2)cc1. The van der Waals surface area contributed by atoms with Crippen molar-refractivity contribution in [2.45, 2.75) is 32.2 Å². The summed E-state index contributed by atoms with van der Waals surface area (Å²) in [5.41, 5.74) is 2.74. The van der Waals surface area contributed by atoms with Crippen molar-refractivity contribution < 1.29 is 9.59 Å². The molecule has 7 nitrogen and oxygen atoms in total. The summed E-state index contributed by atoms with van der Waals surface area (Å²) in [5, 5.41) is 13.4. The molecule has 1 fully saturated rings. The van der Waals surface area contributed by atoms with Gasteiger partial charge in [-0.2, -0.15) is 5.10 Å². The number of rotatable bonds is 6. The number of carbonyl (C=O) groups is 2. The standard InChI is InChI=1S/C20H27N5O2/c1-13(2)23-19(26)8-14-4-6-16(7-5-14)24-20(27)18-11-21-10-17(18)15-9-22-25(3)12-15/h4-7,9,12-13,17-18,21H,8,10-11H2,1-3H3,(H,23,26)(H,24,27)/t17-,18+/m1/s1. The molecule has 0 spiro atoms. The first-order valence-electron chi connectivity index (χ1n) is 9.31. The van der Waals surface area contributed by atoms with Crippen LogP contribution in [0.2, 0.25) is 0 Å². The molecule has 2 atom stereocenters. The van der Waals surface area contributed by atoms with E-state index >= 15 is 0 Å². The van der Waals surface area contributed by atoms with Gasteiger partial charge in [0.15, 0.2) is 0 Å². The molecule has 1 aromatic heterocycles. The van der Waals surface area contributed by atoms with E-state index in [1.54, 1.807) is 4.68 Å². The van der Waals surface area contributed by atoms with Crippen molar-refractivity contribution in [3.8, 4) is 0 Å². The lowest BCUT2D eigenvalue weighted by molar-refractivity contribution is -0.121. The Hall–Kier alpha value is -2.67. The van der Waals surface area contributed by atoms with Gasteiger partial charge in [0.05, 0.1) is 18.5 Å². The van der Waals surface area contributed by atoms with Crippen molar-refractivity contribution in [1.29, 1.82) is 0 Å². The van der Waals surface area contributed by atoms with Crippen molar-refractivity contribution in [2.75, 3.05) is 18.4 Å². The molecular formula is C20H27N5O2. The summed E-state index contributed by atoms with van der Waals surface area (Å²) in [6, 6.07) is 7.57. The monoisotopic (exact) mass is 369 g/mol. The van der Waals surface area contributed by atoms with Crippen LogP contribution in [0.5, 0.6) is 0 Å². The Balaban J connectivity index is 1.59. The van der Waals surface area contributed by atoms with Crippen LogP contribution in [0.15, 0.2) is 36.7 Å². The summed E-state index contributed by atoms with van der Waals surface area (Å²) in [7, 11) is 1.88. The molecule has 0 radical (unpaired) electrons. The molecule has 1 saturated heterocycles. The highest BCUT2D eigenvalue weighted by molar-refractivity contribution is 5.93. The van der Waals surface area contributed by atoms with Gasteiger partial charge in [0.25, 0.3) is 0 Å². The van der Waals surface area contributed by atoms with Crippen molar-refractivity contribution in [2.24, 2.45) is 13.0 Å². The first kappa shape index (κ1) is 19.1. The highest BCUT2D eigenvalue weighted by Crippen LogP contribution is 2.28. The molecule has 0 saturated carbocycles. The zero-order valence-corrected chi connectivity index (χ0v) is 16.0. The predicted molar refractivity (Wildman–Crippen MR) is 104 cm³/mol. The summed E-state index contributed by atoms with van der Waals surface area (Å²) in [6.45, 7) is 5.30. The van der Waals surface area contributed by atoms with E-state index in [2.05, 4.69) is 21.0 Å². The minimum Gasteiger partial charge on any atom is -0.354 e. The number of aryl methyl sites for hydroxylation is 1. The second-order valence-electron chi connectivity index (χ2n) is 7.40. The first-order chi connectivity index (χ1) is 12.9. The lowest BCUT2D eigenvalue weighted by atomic mass is 9.90. The number of nitrogens with zero attached hydrogens (tertiary/aromatic N) is 2. The van der Waals surface area contributed by atoms with E-state index in [0.29, 0.717) is 13.0 Å². The topological polar surface area (TPSA) is 88.1 Å². The highest BCUT2D eigenvalue weighted by Gasteiger charge is 2.34. The van der Waals surface area contributed by atoms with Crippen LogP contribution in [0.25, 0.3) is 0 Å². The number of nitrogens with one attached hydrogen (secondary N) is 3. The second-order valence-corrected chi connectivity index (χ2v) is 7.40. The van der Waals surface area contributed by atoms with E-state index in [-0.39, 0.29) is 29.7 Å². The Kier molecular flexibility index (Phi) is 5.91. The molecule has 1 aromatic carbocycles. The minimum absolute atomic E-state index is 0.000783. The van der Waals surface area contributed by atoms with Crippen molar-refractivity contribution in [3.05, 3.63) is 47.8 Å². The zero-order valence-electron chi connectivity index (χ0n) is 16.0. The van der Waals surface area contributed by atoms with E-state index in [9.17, 15) is 9.59 Å². The number of hydrogen-bond acceptors (Lipinski definition) is 4. The van der Waals surface area contributed by atoms with Gasteiger partial charge in [0.1, 0.15) is 0 Å². The third kappa shape index (κ3) is 4.95. The maximum atomic E-state index is 12.7. The number of amides is 2. The third-order valence-electron chi connectivity index (χ3n) is 4.74. The molecule has 2 heterocycles. The predicted octanol–water partition coefficient (Wildman–Crippen LogP) is 1.43. The number of carbonyl (C=O) groups excluding carboxylic acids is 2. The fraction of sp³-hybridized carbons (Fsp3) is 0.450. The zero-order chi connectivity index (χ0) is 19.4. The molecule has 3 N–H and O–H groups in total. The minimum atomic E-state index is -0.134. The maximum absolute atomic E-state index is 12.7. The second kappa shape index (κ2) is 8.35. The maximum Gasteiger partial charge on any atom is 0.229 e. The third-order valence-corrected chi connectivity index (χ3v) is 4.74. The van der Waals surface area contributed by atoms with Crippen LogP contribution in [0.4, 0.5) is 5.69 Å². The molecule has 0 unspecified atom stereocenters. The fourth-order valence-corrected chi connectivity index (χ4v) is 3.44. The molecule has 1 aliphatic rings. The Labute approximate surface area is 159 Å². The van der Waals surface area contributed by atoms with Crippen LogP contribution in [-0.2, 0) is 23.1 Å². The van der Waals surface area contributed by atoms with Gasteiger partial charge in [-0.1, -0.05) is 12.1 Å². The van der Waals surface area contributed by atoms with E-state index < -0.39 is 0 Å². The van der Waals surface area contributed by atoms with Gasteiger partial charge >= 0.3 is 0 Å². The van der Waals surface area contributed by atoms with Crippen LogP contribution in [0, 0.1) is 5.92 Å². The van der Waals surface area contributed by atoms with Crippen LogP contribution >= 0.6 is 0 Å². The summed E-state index contributed by atoms with van der Waals surface area (Å²) < 4.78 is 1.76. The number of benzene rings is 1. The first-order valence-corrected chi connectivity index (χ1v) is 9.31. The summed E-state index contributed by atoms with van der Waals surface area (Å²) in [5.74, 6) is -0.0133. The highest BCUT2D eigenvalue weighted by atomic mass is 16.2. The van der Waals surface area contributed by atoms with E-state index in [4.69, 9.17) is 0 Å². The van der Waals surface area contributed by atoms with E-state index in [1.165, 1.54) is 0 Å². The van der Waals surface area contributed by atoms with Crippen LogP contribution in [-0.4, -0.2) is 40.7 Å². The average molecular weight is 369 g/mol. The molecule has 144 valence electrons. The van der Waals surface area contributed by atoms with Crippen LogP contribution in [0.1, 0.15) is 30.9 Å². The van der Waals surface area contributed by atoms with Gasteiger partial charge < -0.3 is 16.0 Å². The molecule has 1 aliphatic heterocycles. The van der Waals surface area contributed by atoms with Gasteiger partial charge in [-0.25, -0.2) is 0 Å². The Morgan fingerprint density at radius 3 is 2.63 bits per heavy atom. The van der Waals surface area contributed by atoms with Gasteiger partial charge in [-0.05, 0) is 37.1 Å². The molecule has 2 amide bonds. The van der Waals surface area contributed by atoms with Gasteiger partial charge in [-0.3, -0.25) is 14.3 Å². The lowest BCUT2D eigenvalue weighted by Crippen LogP contribution is -2.31. The average Bonchev–Trinajstić information content (AvgIpc) is 3.24. The fourth-order valence-electron chi connectivity index (χ4n) is 3.44.